The lowest BCUT2D eigenvalue weighted by atomic mass is 9.44. The summed E-state index contributed by atoms with van der Waals surface area (Å²) in [5, 5.41) is 9.08. The van der Waals surface area contributed by atoms with E-state index in [-0.39, 0.29) is 11.8 Å². The third-order valence-electron chi connectivity index (χ3n) is 9.96. The van der Waals surface area contributed by atoms with E-state index < -0.39 is 5.97 Å². The monoisotopic (exact) mass is 374 g/mol. The van der Waals surface area contributed by atoms with Crippen molar-refractivity contribution in [1.82, 2.24) is 0 Å². The van der Waals surface area contributed by atoms with Gasteiger partial charge in [0.1, 0.15) is 5.78 Å². The number of Topliss-reactive ketones (excluding diaryl/α,β-unsaturated/α-hetero) is 1. The first kappa shape index (κ1) is 19.5. The van der Waals surface area contributed by atoms with Crippen molar-refractivity contribution in [2.75, 3.05) is 0 Å². The van der Waals surface area contributed by atoms with Crippen LogP contribution < -0.4 is 0 Å². The zero-order chi connectivity index (χ0) is 19.4. The van der Waals surface area contributed by atoms with Crippen LogP contribution >= 0.6 is 0 Å². The Kier molecular flexibility index (Phi) is 4.96. The van der Waals surface area contributed by atoms with Gasteiger partial charge in [-0.25, -0.2) is 0 Å². The topological polar surface area (TPSA) is 54.4 Å². The molecule has 0 aromatic rings. The summed E-state index contributed by atoms with van der Waals surface area (Å²) < 4.78 is 0. The van der Waals surface area contributed by atoms with Crippen molar-refractivity contribution in [3.63, 3.8) is 0 Å². The molecule has 152 valence electrons. The van der Waals surface area contributed by atoms with Gasteiger partial charge in [-0.3, -0.25) is 9.59 Å². The van der Waals surface area contributed by atoms with E-state index in [1.807, 2.05) is 0 Å². The van der Waals surface area contributed by atoms with E-state index >= 15 is 0 Å². The Bertz CT molecular complexity index is 613. The lowest BCUT2D eigenvalue weighted by Crippen LogP contribution is -2.56. The van der Waals surface area contributed by atoms with E-state index in [4.69, 9.17) is 5.11 Å². The molecule has 0 amide bonds. The second-order valence-electron chi connectivity index (χ2n) is 11.0. The normalized spacial score (nSPS) is 47.7. The molecule has 0 bridgehead atoms. The maximum atomic E-state index is 13.3. The van der Waals surface area contributed by atoms with Crippen molar-refractivity contribution in [1.29, 1.82) is 0 Å². The van der Waals surface area contributed by atoms with Gasteiger partial charge < -0.3 is 5.11 Å². The number of carbonyl (C=O) groups excluding carboxylic acids is 1. The van der Waals surface area contributed by atoms with Gasteiger partial charge in [-0.2, -0.15) is 0 Å². The molecule has 0 aliphatic heterocycles. The summed E-state index contributed by atoms with van der Waals surface area (Å²) in [6.45, 7) is 7.23. The molecule has 8 atom stereocenters. The number of ketones is 1. The van der Waals surface area contributed by atoms with Gasteiger partial charge in [0.15, 0.2) is 0 Å². The molecule has 0 radical (unpaired) electrons. The van der Waals surface area contributed by atoms with Crippen LogP contribution in [-0.4, -0.2) is 16.9 Å². The molecule has 0 heterocycles. The smallest absolute Gasteiger partial charge is 0.303 e. The number of hydrogen-bond donors (Lipinski definition) is 1. The standard InChI is InChI=1S/C24H38O3/c1-15(7-10-21(26)27)17-8-9-18-22-19(11-13-24(17,18)3)23(2)12-5-4-6-16(23)14-20(22)25/h15-19,22H,4-14H2,1-3H3,(H,26,27)/t15-,16-,17+,18+,19+,22+,23-,24+/m0/s1. The van der Waals surface area contributed by atoms with Crippen LogP contribution in [0.5, 0.6) is 0 Å². The molecule has 0 aromatic heterocycles. The first-order chi connectivity index (χ1) is 12.8. The van der Waals surface area contributed by atoms with E-state index in [1.54, 1.807) is 0 Å². The third-order valence-corrected chi connectivity index (χ3v) is 9.96. The summed E-state index contributed by atoms with van der Waals surface area (Å²) in [6, 6.07) is 0. The van der Waals surface area contributed by atoms with Crippen LogP contribution in [0.2, 0.25) is 0 Å². The summed E-state index contributed by atoms with van der Waals surface area (Å²) in [5.74, 6) is 3.02. The van der Waals surface area contributed by atoms with Crippen LogP contribution in [0.3, 0.4) is 0 Å². The molecule has 0 saturated heterocycles. The van der Waals surface area contributed by atoms with E-state index in [0.717, 1.165) is 12.8 Å². The average Bonchev–Trinajstić information content (AvgIpc) is 2.97. The number of carboxylic acids is 1. The molecule has 4 saturated carbocycles. The highest BCUT2D eigenvalue weighted by Crippen LogP contribution is 2.67. The van der Waals surface area contributed by atoms with E-state index in [1.165, 1.54) is 51.4 Å². The fraction of sp³-hybridized carbons (Fsp3) is 0.917. The summed E-state index contributed by atoms with van der Waals surface area (Å²) in [5.41, 5.74) is 0.637. The Balaban J connectivity index is 1.57. The molecule has 0 spiro atoms. The number of rotatable bonds is 4. The second kappa shape index (κ2) is 6.88. The molecule has 4 aliphatic rings. The lowest BCUT2D eigenvalue weighted by molar-refractivity contribution is -0.156. The summed E-state index contributed by atoms with van der Waals surface area (Å²) in [7, 11) is 0. The molecular formula is C24H38O3. The minimum Gasteiger partial charge on any atom is -0.481 e. The van der Waals surface area contributed by atoms with Gasteiger partial charge in [0, 0.05) is 18.8 Å². The van der Waals surface area contributed by atoms with Crippen molar-refractivity contribution in [2.45, 2.75) is 91.4 Å². The Morgan fingerprint density at radius 1 is 1.07 bits per heavy atom. The quantitative estimate of drug-likeness (QED) is 0.685. The zero-order valence-electron chi connectivity index (χ0n) is 17.5. The van der Waals surface area contributed by atoms with E-state index in [2.05, 4.69) is 20.8 Å². The van der Waals surface area contributed by atoms with Crippen LogP contribution in [0, 0.1) is 46.3 Å². The van der Waals surface area contributed by atoms with Crippen molar-refractivity contribution in [3.05, 3.63) is 0 Å². The third kappa shape index (κ3) is 2.99. The molecule has 3 heteroatoms. The molecule has 3 nitrogen and oxygen atoms in total. The Morgan fingerprint density at radius 3 is 2.56 bits per heavy atom. The predicted molar refractivity (Wildman–Crippen MR) is 106 cm³/mol. The van der Waals surface area contributed by atoms with Crippen molar-refractivity contribution < 1.29 is 14.7 Å². The van der Waals surface area contributed by atoms with Gasteiger partial charge >= 0.3 is 5.97 Å². The highest BCUT2D eigenvalue weighted by molar-refractivity contribution is 5.83. The molecular weight excluding hydrogens is 336 g/mol. The number of carbonyl (C=O) groups is 2. The molecule has 4 rings (SSSR count). The number of carboxylic acid groups (broad SMARTS) is 1. The van der Waals surface area contributed by atoms with E-state index in [0.29, 0.717) is 46.7 Å². The fourth-order valence-corrected chi connectivity index (χ4v) is 8.49. The van der Waals surface area contributed by atoms with Gasteiger partial charge in [0.05, 0.1) is 0 Å². The van der Waals surface area contributed by atoms with Gasteiger partial charge in [-0.15, -0.1) is 0 Å². The highest BCUT2D eigenvalue weighted by atomic mass is 16.4. The van der Waals surface area contributed by atoms with Gasteiger partial charge in [0.2, 0.25) is 0 Å². The van der Waals surface area contributed by atoms with Crippen molar-refractivity contribution >= 4 is 11.8 Å². The minimum atomic E-state index is -0.677. The van der Waals surface area contributed by atoms with Crippen LogP contribution in [0.15, 0.2) is 0 Å². The fourth-order valence-electron chi connectivity index (χ4n) is 8.49. The zero-order valence-corrected chi connectivity index (χ0v) is 17.5. The lowest BCUT2D eigenvalue weighted by Gasteiger charge is -2.60. The molecule has 1 N–H and O–H groups in total. The molecule has 0 aromatic carbocycles. The van der Waals surface area contributed by atoms with E-state index in [9.17, 15) is 9.59 Å². The SMILES string of the molecule is C[C@@H](CCC(=O)O)[C@H]1CC[C@@H]2[C@H]3C(=O)C[C@@H]4CCCC[C@]4(C)[C@@H]3CC[C@@]21C. The maximum Gasteiger partial charge on any atom is 0.303 e. The minimum absolute atomic E-state index is 0.243. The van der Waals surface area contributed by atoms with Gasteiger partial charge in [0.25, 0.3) is 0 Å². The summed E-state index contributed by atoms with van der Waals surface area (Å²) >= 11 is 0. The number of hydrogen-bond acceptors (Lipinski definition) is 2. The van der Waals surface area contributed by atoms with Gasteiger partial charge in [-0.1, -0.05) is 33.6 Å². The van der Waals surface area contributed by atoms with Crippen LogP contribution in [0.1, 0.15) is 91.4 Å². The Labute approximate surface area is 164 Å². The second-order valence-corrected chi connectivity index (χ2v) is 11.0. The molecule has 4 fully saturated rings. The Hall–Kier alpha value is -0.860. The Morgan fingerprint density at radius 2 is 1.81 bits per heavy atom. The summed E-state index contributed by atoms with van der Waals surface area (Å²) in [6.07, 6.45) is 12.0. The summed E-state index contributed by atoms with van der Waals surface area (Å²) in [4.78, 5) is 24.4. The first-order valence-corrected chi connectivity index (χ1v) is 11.5. The molecule has 27 heavy (non-hydrogen) atoms. The maximum absolute atomic E-state index is 13.3. The highest BCUT2D eigenvalue weighted by Gasteiger charge is 2.62. The van der Waals surface area contributed by atoms with Crippen molar-refractivity contribution in [3.8, 4) is 0 Å². The first-order valence-electron chi connectivity index (χ1n) is 11.5. The largest absolute Gasteiger partial charge is 0.481 e. The number of fused-ring (bicyclic) bond motifs is 5. The van der Waals surface area contributed by atoms with Crippen LogP contribution in [0.4, 0.5) is 0 Å². The van der Waals surface area contributed by atoms with Crippen LogP contribution in [-0.2, 0) is 9.59 Å². The number of aliphatic carboxylic acids is 1. The van der Waals surface area contributed by atoms with Gasteiger partial charge in [-0.05, 0) is 85.4 Å². The predicted octanol–water partition coefficient (Wildman–Crippen LogP) is 5.72. The average molecular weight is 375 g/mol. The van der Waals surface area contributed by atoms with Crippen molar-refractivity contribution in [2.24, 2.45) is 46.3 Å². The molecule has 4 aliphatic carbocycles. The van der Waals surface area contributed by atoms with Crippen LogP contribution in [0.25, 0.3) is 0 Å². The molecule has 0 unspecified atom stereocenters.